The minimum atomic E-state index is -0.249. The van der Waals surface area contributed by atoms with Crippen LogP contribution in [0.5, 0.6) is 0 Å². The van der Waals surface area contributed by atoms with Crippen molar-refractivity contribution in [3.63, 3.8) is 0 Å². The first kappa shape index (κ1) is 12.6. The summed E-state index contributed by atoms with van der Waals surface area (Å²) in [7, 11) is 0. The number of nitrogens with one attached hydrogen (secondary N) is 1. The zero-order valence-corrected chi connectivity index (χ0v) is 11.0. The molecule has 0 aromatic heterocycles. The third-order valence-corrected chi connectivity index (χ3v) is 3.02. The molecule has 2 aromatic carbocycles. The first-order valence-corrected chi connectivity index (χ1v) is 6.17. The van der Waals surface area contributed by atoms with Gasteiger partial charge in [0.15, 0.2) is 0 Å². The van der Waals surface area contributed by atoms with Crippen LogP contribution in [0.25, 0.3) is 0 Å². The summed E-state index contributed by atoms with van der Waals surface area (Å²) >= 11 is 3.31. The molecule has 0 unspecified atom stereocenters. The lowest BCUT2D eigenvalue weighted by Gasteiger charge is -2.09. The van der Waals surface area contributed by atoms with Crippen LogP contribution in [0.15, 0.2) is 46.9 Å². The highest BCUT2D eigenvalue weighted by molar-refractivity contribution is 9.10. The van der Waals surface area contributed by atoms with Crippen molar-refractivity contribution < 1.29 is 4.39 Å². The largest absolute Gasteiger partial charge is 0.380 e. The van der Waals surface area contributed by atoms with Gasteiger partial charge >= 0.3 is 0 Å². The Morgan fingerprint density at radius 3 is 2.72 bits per heavy atom. The molecule has 0 aliphatic carbocycles. The lowest BCUT2D eigenvalue weighted by Crippen LogP contribution is -2.03. The van der Waals surface area contributed by atoms with Crippen LogP contribution in [-0.2, 0) is 6.54 Å². The van der Waals surface area contributed by atoms with Crippen molar-refractivity contribution in [1.29, 1.82) is 5.26 Å². The van der Waals surface area contributed by atoms with Crippen molar-refractivity contribution in [2.45, 2.75) is 6.54 Å². The Morgan fingerprint density at radius 1 is 1.22 bits per heavy atom. The van der Waals surface area contributed by atoms with Gasteiger partial charge < -0.3 is 5.32 Å². The van der Waals surface area contributed by atoms with E-state index in [9.17, 15) is 4.39 Å². The molecule has 0 amide bonds. The van der Waals surface area contributed by atoms with Crippen molar-refractivity contribution in [2.24, 2.45) is 0 Å². The van der Waals surface area contributed by atoms with E-state index in [4.69, 9.17) is 5.26 Å². The molecule has 0 radical (unpaired) electrons. The van der Waals surface area contributed by atoms with Crippen molar-refractivity contribution in [1.82, 2.24) is 0 Å². The monoisotopic (exact) mass is 304 g/mol. The molecular formula is C14H10BrFN2. The maximum absolute atomic E-state index is 13.4. The number of nitriles is 1. The maximum Gasteiger partial charge on any atom is 0.128 e. The van der Waals surface area contributed by atoms with Crippen LogP contribution in [0.4, 0.5) is 10.1 Å². The molecule has 90 valence electrons. The molecule has 2 rings (SSSR count). The van der Waals surface area contributed by atoms with Gasteiger partial charge in [-0.05, 0) is 24.3 Å². The summed E-state index contributed by atoms with van der Waals surface area (Å²) in [5, 5.41) is 12.1. The lowest BCUT2D eigenvalue weighted by atomic mass is 10.1. The van der Waals surface area contributed by atoms with Crippen LogP contribution < -0.4 is 5.32 Å². The number of nitrogens with zero attached hydrogens (tertiary/aromatic N) is 1. The predicted octanol–water partition coefficient (Wildman–Crippen LogP) is 4.07. The number of rotatable bonds is 3. The Hall–Kier alpha value is -1.86. The van der Waals surface area contributed by atoms with Crippen molar-refractivity contribution in [3.8, 4) is 6.07 Å². The van der Waals surface area contributed by atoms with E-state index in [0.717, 1.165) is 4.47 Å². The van der Waals surface area contributed by atoms with E-state index < -0.39 is 0 Å². The van der Waals surface area contributed by atoms with Gasteiger partial charge in [-0.2, -0.15) is 5.26 Å². The fraction of sp³-hybridized carbons (Fsp3) is 0.0714. The smallest absolute Gasteiger partial charge is 0.128 e. The van der Waals surface area contributed by atoms with Gasteiger partial charge in [0.1, 0.15) is 11.9 Å². The Labute approximate surface area is 113 Å². The third kappa shape index (κ3) is 2.88. The van der Waals surface area contributed by atoms with Crippen LogP contribution >= 0.6 is 15.9 Å². The summed E-state index contributed by atoms with van der Waals surface area (Å²) in [6, 6.07) is 14.0. The highest BCUT2D eigenvalue weighted by atomic mass is 79.9. The first-order chi connectivity index (χ1) is 8.70. The van der Waals surface area contributed by atoms with Crippen molar-refractivity contribution in [2.75, 3.05) is 5.32 Å². The minimum absolute atomic E-state index is 0.249. The molecule has 0 fully saturated rings. The second kappa shape index (κ2) is 5.65. The molecule has 0 bridgehead atoms. The summed E-state index contributed by atoms with van der Waals surface area (Å²) < 4.78 is 14.3. The molecule has 2 nitrogen and oxygen atoms in total. The Bertz CT molecular complexity index is 605. The molecule has 0 aliphatic rings. The van der Waals surface area contributed by atoms with Crippen LogP contribution in [0, 0.1) is 17.1 Å². The minimum Gasteiger partial charge on any atom is -0.380 e. The molecule has 0 atom stereocenters. The molecule has 0 saturated carbocycles. The summed E-state index contributed by atoms with van der Waals surface area (Å²) in [4.78, 5) is 0. The molecule has 2 aromatic rings. The van der Waals surface area contributed by atoms with Gasteiger partial charge in [0, 0.05) is 16.6 Å². The average Bonchev–Trinajstić information content (AvgIpc) is 2.39. The quantitative estimate of drug-likeness (QED) is 0.927. The van der Waals surface area contributed by atoms with Gasteiger partial charge in [-0.1, -0.05) is 34.1 Å². The third-order valence-electron chi connectivity index (χ3n) is 2.53. The van der Waals surface area contributed by atoms with Gasteiger partial charge in [-0.15, -0.1) is 0 Å². The van der Waals surface area contributed by atoms with E-state index >= 15 is 0 Å². The lowest BCUT2D eigenvalue weighted by molar-refractivity contribution is 0.613. The summed E-state index contributed by atoms with van der Waals surface area (Å²) in [6.07, 6.45) is 0. The van der Waals surface area contributed by atoms with Gasteiger partial charge in [-0.3, -0.25) is 0 Å². The van der Waals surface area contributed by atoms with E-state index in [1.54, 1.807) is 30.3 Å². The van der Waals surface area contributed by atoms with Gasteiger partial charge in [-0.25, -0.2) is 4.39 Å². The Morgan fingerprint density at radius 2 is 2.00 bits per heavy atom. The standard InChI is InChI=1S/C14H10BrFN2/c15-12-5-6-14(11(7-12)8-17)18-9-10-3-1-2-4-13(10)16/h1-7,18H,9H2. The summed E-state index contributed by atoms with van der Waals surface area (Å²) in [6.45, 7) is 0.350. The van der Waals surface area contributed by atoms with Gasteiger partial charge in [0.25, 0.3) is 0 Å². The van der Waals surface area contributed by atoms with E-state index in [1.807, 2.05) is 6.07 Å². The number of hydrogen-bond acceptors (Lipinski definition) is 2. The van der Waals surface area contributed by atoms with E-state index in [0.29, 0.717) is 23.4 Å². The zero-order valence-electron chi connectivity index (χ0n) is 9.45. The van der Waals surface area contributed by atoms with E-state index in [1.165, 1.54) is 6.07 Å². The number of benzene rings is 2. The summed E-state index contributed by atoms with van der Waals surface area (Å²) in [5.74, 6) is -0.249. The van der Waals surface area contributed by atoms with Gasteiger partial charge in [0.05, 0.1) is 11.3 Å². The highest BCUT2D eigenvalue weighted by Crippen LogP contribution is 2.21. The maximum atomic E-state index is 13.4. The average molecular weight is 305 g/mol. The highest BCUT2D eigenvalue weighted by Gasteiger charge is 2.04. The molecule has 0 spiro atoms. The molecule has 0 saturated heterocycles. The molecule has 0 heterocycles. The van der Waals surface area contributed by atoms with Crippen LogP contribution in [-0.4, -0.2) is 0 Å². The van der Waals surface area contributed by atoms with Crippen LogP contribution in [0.2, 0.25) is 0 Å². The second-order valence-electron chi connectivity index (χ2n) is 3.75. The second-order valence-corrected chi connectivity index (χ2v) is 4.66. The van der Waals surface area contributed by atoms with Crippen molar-refractivity contribution >= 4 is 21.6 Å². The first-order valence-electron chi connectivity index (χ1n) is 5.37. The zero-order chi connectivity index (χ0) is 13.0. The SMILES string of the molecule is N#Cc1cc(Br)ccc1NCc1ccccc1F. The van der Waals surface area contributed by atoms with E-state index in [2.05, 4.69) is 27.3 Å². The molecule has 1 N–H and O–H groups in total. The van der Waals surface area contributed by atoms with Crippen LogP contribution in [0.1, 0.15) is 11.1 Å². The number of hydrogen-bond donors (Lipinski definition) is 1. The van der Waals surface area contributed by atoms with Crippen LogP contribution in [0.3, 0.4) is 0 Å². The molecule has 18 heavy (non-hydrogen) atoms. The fourth-order valence-electron chi connectivity index (χ4n) is 1.60. The number of anilines is 1. The van der Waals surface area contributed by atoms with Crippen molar-refractivity contribution in [3.05, 3.63) is 63.9 Å². The molecule has 0 aliphatic heterocycles. The predicted molar refractivity (Wildman–Crippen MR) is 72.6 cm³/mol. The molecule has 4 heteroatoms. The topological polar surface area (TPSA) is 35.8 Å². The normalized spacial score (nSPS) is 9.83. The summed E-state index contributed by atoms with van der Waals surface area (Å²) in [5.41, 5.74) is 1.80. The fourth-order valence-corrected chi connectivity index (χ4v) is 1.96. The molecular weight excluding hydrogens is 295 g/mol. The Balaban J connectivity index is 2.16. The Kier molecular flexibility index (Phi) is 3.96. The van der Waals surface area contributed by atoms with Gasteiger partial charge in [0.2, 0.25) is 0 Å². The number of halogens is 2. The van der Waals surface area contributed by atoms with E-state index in [-0.39, 0.29) is 5.82 Å².